The second-order valence-corrected chi connectivity index (χ2v) is 3.96. The lowest BCUT2D eigenvalue weighted by atomic mass is 10.2. The van der Waals surface area contributed by atoms with E-state index in [1.54, 1.807) is 24.3 Å². The van der Waals surface area contributed by atoms with Gasteiger partial charge in [-0.05, 0) is 18.2 Å². The summed E-state index contributed by atoms with van der Waals surface area (Å²) in [5.41, 5.74) is 0.409. The van der Waals surface area contributed by atoms with Crippen LogP contribution in [0, 0.1) is 5.82 Å². The average molecular weight is 266 g/mol. The van der Waals surface area contributed by atoms with Crippen molar-refractivity contribution in [3.63, 3.8) is 0 Å². The molecule has 0 aliphatic rings. The Hall–Kier alpha value is -1.94. The summed E-state index contributed by atoms with van der Waals surface area (Å²) in [5.74, 6) is -1.05. The van der Waals surface area contributed by atoms with Crippen LogP contribution in [0.25, 0.3) is 0 Å². The Labute approximate surface area is 108 Å². The van der Waals surface area contributed by atoms with Gasteiger partial charge in [-0.1, -0.05) is 29.8 Å². The van der Waals surface area contributed by atoms with Crippen molar-refractivity contribution in [2.45, 2.75) is 6.61 Å². The summed E-state index contributed by atoms with van der Waals surface area (Å²) in [7, 11) is 0. The maximum Gasteiger partial charge on any atom is 0.357 e. The molecule has 18 heavy (non-hydrogen) atoms. The molecule has 0 atom stereocenters. The van der Waals surface area contributed by atoms with Crippen molar-refractivity contribution in [3.8, 4) is 0 Å². The molecule has 0 aliphatic heterocycles. The van der Waals surface area contributed by atoms with Gasteiger partial charge < -0.3 is 4.74 Å². The summed E-state index contributed by atoms with van der Waals surface area (Å²) in [6, 6.07) is 9.04. The highest BCUT2D eigenvalue weighted by molar-refractivity contribution is 6.30. The summed E-state index contributed by atoms with van der Waals surface area (Å²) in [4.78, 5) is 15.4. The van der Waals surface area contributed by atoms with E-state index < -0.39 is 11.8 Å². The second-order valence-electron chi connectivity index (χ2n) is 3.53. The van der Waals surface area contributed by atoms with Gasteiger partial charge in [0.05, 0.1) is 0 Å². The number of nitrogens with zero attached hydrogens (tertiary/aromatic N) is 1. The van der Waals surface area contributed by atoms with E-state index in [1.807, 2.05) is 0 Å². The van der Waals surface area contributed by atoms with E-state index >= 15 is 0 Å². The average Bonchev–Trinajstić information content (AvgIpc) is 2.37. The van der Waals surface area contributed by atoms with Crippen molar-refractivity contribution in [3.05, 3.63) is 64.7 Å². The number of carbonyl (C=O) groups excluding carboxylic acids is 1. The summed E-state index contributed by atoms with van der Waals surface area (Å²) < 4.78 is 18.2. The van der Waals surface area contributed by atoms with Crippen molar-refractivity contribution < 1.29 is 13.9 Å². The van der Waals surface area contributed by atoms with Crippen LogP contribution in [0.5, 0.6) is 0 Å². The van der Waals surface area contributed by atoms with Crippen molar-refractivity contribution in [2.75, 3.05) is 0 Å². The van der Waals surface area contributed by atoms with Crippen molar-refractivity contribution in [1.29, 1.82) is 0 Å². The number of aromatic nitrogens is 1. The number of esters is 1. The monoisotopic (exact) mass is 265 g/mol. The van der Waals surface area contributed by atoms with Gasteiger partial charge in [0.1, 0.15) is 18.1 Å². The van der Waals surface area contributed by atoms with Crippen LogP contribution in [0.3, 0.4) is 0 Å². The normalized spacial score (nSPS) is 10.1. The Morgan fingerprint density at radius 3 is 2.83 bits per heavy atom. The zero-order valence-electron chi connectivity index (χ0n) is 9.27. The summed E-state index contributed by atoms with van der Waals surface area (Å²) in [6.07, 6.45) is 1.40. The fraction of sp³-hybridized carbons (Fsp3) is 0.0769. The minimum absolute atomic E-state index is 0.0961. The summed E-state index contributed by atoms with van der Waals surface area (Å²) in [5, 5.41) is 0.392. The third-order valence-electron chi connectivity index (χ3n) is 2.25. The first kappa shape index (κ1) is 12.5. The molecule has 3 nitrogen and oxygen atoms in total. The molecule has 0 bridgehead atoms. The van der Waals surface area contributed by atoms with Crippen molar-refractivity contribution >= 4 is 17.6 Å². The predicted molar refractivity (Wildman–Crippen MR) is 64.8 cm³/mol. The van der Waals surface area contributed by atoms with Crippen LogP contribution in [0.15, 0.2) is 42.6 Å². The van der Waals surface area contributed by atoms with E-state index in [0.717, 1.165) is 0 Å². The fourth-order valence-corrected chi connectivity index (χ4v) is 1.51. The topological polar surface area (TPSA) is 39.2 Å². The highest BCUT2D eigenvalue weighted by Crippen LogP contribution is 2.11. The van der Waals surface area contributed by atoms with Gasteiger partial charge in [-0.2, -0.15) is 0 Å². The second kappa shape index (κ2) is 5.60. The van der Waals surface area contributed by atoms with Crippen molar-refractivity contribution in [2.24, 2.45) is 0 Å². The molecule has 92 valence electrons. The van der Waals surface area contributed by atoms with Crippen LogP contribution >= 0.6 is 11.6 Å². The molecule has 0 aliphatic carbocycles. The molecular weight excluding hydrogens is 257 g/mol. The lowest BCUT2D eigenvalue weighted by Gasteiger charge is -2.05. The Morgan fingerprint density at radius 2 is 2.11 bits per heavy atom. The maximum atomic E-state index is 13.3. The molecule has 0 unspecified atom stereocenters. The number of rotatable bonds is 3. The van der Waals surface area contributed by atoms with Gasteiger partial charge in [0.25, 0.3) is 0 Å². The third kappa shape index (κ3) is 3.05. The van der Waals surface area contributed by atoms with E-state index in [1.165, 1.54) is 18.3 Å². The Bertz CT molecular complexity index is 574. The van der Waals surface area contributed by atoms with E-state index in [-0.39, 0.29) is 12.3 Å². The maximum absolute atomic E-state index is 13.3. The predicted octanol–water partition coefficient (Wildman–Crippen LogP) is 3.23. The first-order valence-electron chi connectivity index (χ1n) is 5.19. The van der Waals surface area contributed by atoms with Crippen LogP contribution in [0.2, 0.25) is 5.02 Å². The molecule has 1 aromatic heterocycles. The largest absolute Gasteiger partial charge is 0.456 e. The van der Waals surface area contributed by atoms with E-state index in [0.29, 0.717) is 10.6 Å². The molecular formula is C13H9ClFNO2. The minimum atomic E-state index is -0.638. The van der Waals surface area contributed by atoms with Crippen LogP contribution in [0.1, 0.15) is 16.1 Å². The molecule has 0 fully saturated rings. The Kier molecular flexibility index (Phi) is 3.89. The summed E-state index contributed by atoms with van der Waals surface area (Å²) >= 11 is 5.72. The van der Waals surface area contributed by atoms with E-state index in [9.17, 15) is 9.18 Å². The van der Waals surface area contributed by atoms with Crippen LogP contribution in [-0.2, 0) is 11.3 Å². The number of ether oxygens (including phenoxy) is 1. The van der Waals surface area contributed by atoms with E-state index in [4.69, 9.17) is 16.3 Å². The van der Waals surface area contributed by atoms with Gasteiger partial charge in [-0.25, -0.2) is 14.2 Å². The number of halogens is 2. The van der Waals surface area contributed by atoms with Gasteiger partial charge in [0, 0.05) is 16.8 Å². The minimum Gasteiger partial charge on any atom is -0.456 e. The smallest absolute Gasteiger partial charge is 0.357 e. The third-order valence-corrected chi connectivity index (χ3v) is 2.48. The fourth-order valence-electron chi connectivity index (χ4n) is 1.35. The molecule has 0 spiro atoms. The molecule has 0 saturated carbocycles. The SMILES string of the molecule is O=C(OCc1ccccc1F)c1cc(Cl)ccn1. The Balaban J connectivity index is 2.03. The molecule has 1 aromatic carbocycles. The molecule has 0 amide bonds. The van der Waals surface area contributed by atoms with Crippen LogP contribution in [0.4, 0.5) is 4.39 Å². The molecule has 1 heterocycles. The first-order valence-corrected chi connectivity index (χ1v) is 5.56. The van der Waals surface area contributed by atoms with Crippen LogP contribution < -0.4 is 0 Å². The zero-order chi connectivity index (χ0) is 13.0. The number of carbonyl (C=O) groups is 1. The number of hydrogen-bond donors (Lipinski definition) is 0. The molecule has 2 rings (SSSR count). The van der Waals surface area contributed by atoms with Gasteiger partial charge in [0.15, 0.2) is 0 Å². The Morgan fingerprint density at radius 1 is 1.33 bits per heavy atom. The van der Waals surface area contributed by atoms with Gasteiger partial charge >= 0.3 is 5.97 Å². The quantitative estimate of drug-likeness (QED) is 0.800. The standard InChI is InChI=1S/C13H9ClFNO2/c14-10-5-6-16-12(7-10)13(17)18-8-9-3-1-2-4-11(9)15/h1-7H,8H2. The van der Waals surface area contributed by atoms with Crippen LogP contribution in [-0.4, -0.2) is 11.0 Å². The van der Waals surface area contributed by atoms with Gasteiger partial charge in [0.2, 0.25) is 0 Å². The zero-order valence-corrected chi connectivity index (χ0v) is 10.0. The highest BCUT2D eigenvalue weighted by Gasteiger charge is 2.10. The molecule has 0 saturated heterocycles. The first-order chi connectivity index (χ1) is 8.66. The number of pyridine rings is 1. The highest BCUT2D eigenvalue weighted by atomic mass is 35.5. The van der Waals surface area contributed by atoms with Gasteiger partial charge in [-0.3, -0.25) is 0 Å². The van der Waals surface area contributed by atoms with E-state index in [2.05, 4.69) is 4.98 Å². The lowest BCUT2D eigenvalue weighted by Crippen LogP contribution is -2.07. The molecule has 5 heteroatoms. The molecule has 2 aromatic rings. The van der Waals surface area contributed by atoms with Crippen molar-refractivity contribution in [1.82, 2.24) is 4.98 Å². The summed E-state index contributed by atoms with van der Waals surface area (Å²) in [6.45, 7) is -0.139. The molecule has 0 radical (unpaired) electrons. The number of benzene rings is 1. The van der Waals surface area contributed by atoms with Gasteiger partial charge in [-0.15, -0.1) is 0 Å². The number of hydrogen-bond acceptors (Lipinski definition) is 3. The molecule has 0 N–H and O–H groups in total. The lowest BCUT2D eigenvalue weighted by molar-refractivity contribution is 0.0462.